The van der Waals surface area contributed by atoms with Gasteiger partial charge in [0.15, 0.2) is 0 Å². The molecule has 0 unspecified atom stereocenters. The van der Waals surface area contributed by atoms with Gasteiger partial charge in [-0.25, -0.2) is 23.5 Å². The third-order valence-corrected chi connectivity index (χ3v) is 3.12. The number of aryl methyl sites for hydroxylation is 1. The summed E-state index contributed by atoms with van der Waals surface area (Å²) in [4.78, 5) is 20.3. The van der Waals surface area contributed by atoms with Crippen molar-refractivity contribution >= 4 is 17.5 Å². The number of aromatic nitrogens is 3. The summed E-state index contributed by atoms with van der Waals surface area (Å²) >= 11 is 0. The maximum atomic E-state index is 13.4. The summed E-state index contributed by atoms with van der Waals surface area (Å²) in [6.07, 6.45) is 3.56. The number of nitrogens with one attached hydrogen (secondary N) is 2. The van der Waals surface area contributed by atoms with E-state index < -0.39 is 17.7 Å². The van der Waals surface area contributed by atoms with E-state index in [4.69, 9.17) is 0 Å². The van der Waals surface area contributed by atoms with Crippen LogP contribution in [0.25, 0.3) is 5.78 Å². The van der Waals surface area contributed by atoms with Crippen LogP contribution in [0.4, 0.5) is 19.3 Å². The van der Waals surface area contributed by atoms with Gasteiger partial charge in [0, 0.05) is 24.2 Å². The molecule has 2 aromatic heterocycles. The maximum Gasteiger partial charge on any atom is 0.319 e. The van der Waals surface area contributed by atoms with Crippen molar-refractivity contribution in [2.24, 2.45) is 0 Å². The number of nitrogens with zero attached hydrogens (tertiary/aromatic N) is 3. The fourth-order valence-corrected chi connectivity index (χ4v) is 2.02. The molecule has 23 heavy (non-hydrogen) atoms. The second-order valence-corrected chi connectivity index (χ2v) is 4.94. The Bertz CT molecular complexity index is 877. The number of halogens is 2. The molecule has 3 rings (SSSR count). The molecule has 3 aromatic rings. The molecule has 2 N–H and O–H groups in total. The number of benzene rings is 1. The largest absolute Gasteiger partial charge is 0.332 e. The van der Waals surface area contributed by atoms with E-state index >= 15 is 0 Å². The smallest absolute Gasteiger partial charge is 0.319 e. The number of carbonyl (C=O) groups is 1. The van der Waals surface area contributed by atoms with Gasteiger partial charge in [0.25, 0.3) is 0 Å². The minimum atomic E-state index is -0.840. The highest BCUT2D eigenvalue weighted by Gasteiger charge is 2.09. The van der Waals surface area contributed by atoms with Gasteiger partial charge in [-0.3, -0.25) is 4.40 Å². The average Bonchev–Trinajstić information content (AvgIpc) is 2.90. The van der Waals surface area contributed by atoms with E-state index in [1.54, 1.807) is 10.6 Å². The highest BCUT2D eigenvalue weighted by atomic mass is 19.1. The molecule has 0 aliphatic carbocycles. The SMILES string of the molecule is Cc1ccn2cc(CNC(=O)Nc3ccc(F)cc3F)nc2n1. The molecule has 0 radical (unpaired) electrons. The molecule has 8 heteroatoms. The second-order valence-electron chi connectivity index (χ2n) is 4.94. The van der Waals surface area contributed by atoms with E-state index in [1.165, 1.54) is 0 Å². The molecule has 1 aromatic carbocycles. The lowest BCUT2D eigenvalue weighted by Gasteiger charge is -2.07. The van der Waals surface area contributed by atoms with Crippen LogP contribution in [0.3, 0.4) is 0 Å². The highest BCUT2D eigenvalue weighted by Crippen LogP contribution is 2.14. The summed E-state index contributed by atoms with van der Waals surface area (Å²) in [6, 6.07) is 4.15. The predicted octanol–water partition coefficient (Wildman–Crippen LogP) is 2.64. The lowest BCUT2D eigenvalue weighted by Crippen LogP contribution is -2.28. The van der Waals surface area contributed by atoms with Gasteiger partial charge in [0.1, 0.15) is 11.6 Å². The van der Waals surface area contributed by atoms with Crippen molar-refractivity contribution in [1.29, 1.82) is 0 Å². The number of rotatable bonds is 3. The second kappa shape index (κ2) is 5.99. The van der Waals surface area contributed by atoms with Crippen molar-refractivity contribution in [1.82, 2.24) is 19.7 Å². The molecular weight excluding hydrogens is 304 g/mol. The Labute approximate surface area is 130 Å². The fourth-order valence-electron chi connectivity index (χ4n) is 2.02. The van der Waals surface area contributed by atoms with Gasteiger partial charge in [-0.1, -0.05) is 0 Å². The van der Waals surface area contributed by atoms with Gasteiger partial charge in [0.05, 0.1) is 17.9 Å². The van der Waals surface area contributed by atoms with Crippen LogP contribution in [-0.4, -0.2) is 20.4 Å². The van der Waals surface area contributed by atoms with Gasteiger partial charge in [-0.15, -0.1) is 0 Å². The van der Waals surface area contributed by atoms with Gasteiger partial charge >= 0.3 is 6.03 Å². The summed E-state index contributed by atoms with van der Waals surface area (Å²) in [5, 5.41) is 4.86. The Morgan fingerprint density at radius 3 is 2.87 bits per heavy atom. The Morgan fingerprint density at radius 1 is 1.26 bits per heavy atom. The molecule has 118 valence electrons. The maximum absolute atomic E-state index is 13.4. The van der Waals surface area contributed by atoms with Crippen molar-refractivity contribution in [3.63, 3.8) is 0 Å². The highest BCUT2D eigenvalue weighted by molar-refractivity contribution is 5.89. The first-order valence-electron chi connectivity index (χ1n) is 6.82. The van der Waals surface area contributed by atoms with Crippen LogP contribution in [0.15, 0.2) is 36.7 Å². The number of fused-ring (bicyclic) bond motifs is 1. The van der Waals surface area contributed by atoms with E-state index in [1.807, 2.05) is 19.2 Å². The summed E-state index contributed by atoms with van der Waals surface area (Å²) < 4.78 is 28.0. The number of urea groups is 1. The zero-order valence-corrected chi connectivity index (χ0v) is 12.2. The molecule has 0 atom stereocenters. The molecule has 0 spiro atoms. The van der Waals surface area contributed by atoms with Crippen molar-refractivity contribution in [2.75, 3.05) is 5.32 Å². The third-order valence-electron chi connectivity index (χ3n) is 3.12. The van der Waals surface area contributed by atoms with Crippen LogP contribution in [0.5, 0.6) is 0 Å². The summed E-state index contributed by atoms with van der Waals surface area (Å²) in [6.45, 7) is 2.01. The first-order valence-corrected chi connectivity index (χ1v) is 6.82. The lowest BCUT2D eigenvalue weighted by molar-refractivity contribution is 0.251. The molecule has 0 aliphatic heterocycles. The van der Waals surface area contributed by atoms with E-state index in [0.29, 0.717) is 17.5 Å². The molecular formula is C15H13F2N5O. The Hall–Kier alpha value is -3.03. The molecule has 0 bridgehead atoms. The Balaban J connectivity index is 1.63. The van der Waals surface area contributed by atoms with E-state index in [2.05, 4.69) is 20.6 Å². The van der Waals surface area contributed by atoms with Gasteiger partial charge in [-0.05, 0) is 25.1 Å². The van der Waals surface area contributed by atoms with Gasteiger partial charge < -0.3 is 10.6 Å². The molecule has 0 saturated heterocycles. The number of anilines is 1. The van der Waals surface area contributed by atoms with Crippen molar-refractivity contribution in [3.8, 4) is 0 Å². The topological polar surface area (TPSA) is 71.3 Å². The van der Waals surface area contributed by atoms with Gasteiger partial charge in [-0.2, -0.15) is 0 Å². The number of imidazole rings is 1. The summed E-state index contributed by atoms with van der Waals surface area (Å²) in [7, 11) is 0. The van der Waals surface area contributed by atoms with Crippen LogP contribution in [0.1, 0.15) is 11.4 Å². The molecule has 0 aliphatic rings. The van der Waals surface area contributed by atoms with Crippen molar-refractivity contribution in [2.45, 2.75) is 13.5 Å². The number of hydrogen-bond donors (Lipinski definition) is 2. The monoisotopic (exact) mass is 317 g/mol. The molecule has 2 heterocycles. The number of amides is 2. The predicted molar refractivity (Wildman–Crippen MR) is 79.9 cm³/mol. The third kappa shape index (κ3) is 3.42. The van der Waals surface area contributed by atoms with Crippen LogP contribution in [0, 0.1) is 18.6 Å². The average molecular weight is 317 g/mol. The minimum Gasteiger partial charge on any atom is -0.332 e. The summed E-state index contributed by atoms with van der Waals surface area (Å²) in [5.41, 5.74) is 1.35. The van der Waals surface area contributed by atoms with Crippen molar-refractivity contribution in [3.05, 3.63) is 59.7 Å². The number of hydrogen-bond acceptors (Lipinski definition) is 3. The molecule has 0 saturated carbocycles. The normalized spacial score (nSPS) is 10.7. The fraction of sp³-hybridized carbons (Fsp3) is 0.133. The van der Waals surface area contributed by atoms with Crippen molar-refractivity contribution < 1.29 is 13.6 Å². The van der Waals surface area contributed by atoms with Crippen LogP contribution in [0.2, 0.25) is 0 Å². The number of carbonyl (C=O) groups excluding carboxylic acids is 1. The minimum absolute atomic E-state index is 0.101. The van der Waals surface area contributed by atoms with E-state index in [-0.39, 0.29) is 12.2 Å². The van der Waals surface area contributed by atoms with Gasteiger partial charge in [0.2, 0.25) is 5.78 Å². The first kappa shape index (κ1) is 14.9. The quantitative estimate of drug-likeness (QED) is 0.780. The Morgan fingerprint density at radius 2 is 2.09 bits per heavy atom. The summed E-state index contributed by atoms with van der Waals surface area (Å²) in [5.74, 6) is -1.01. The van der Waals surface area contributed by atoms with Crippen LogP contribution in [-0.2, 0) is 6.54 Å². The zero-order chi connectivity index (χ0) is 16.4. The van der Waals surface area contributed by atoms with E-state index in [9.17, 15) is 13.6 Å². The van der Waals surface area contributed by atoms with E-state index in [0.717, 1.165) is 17.8 Å². The van der Waals surface area contributed by atoms with Crippen LogP contribution < -0.4 is 10.6 Å². The molecule has 0 fully saturated rings. The first-order chi connectivity index (χ1) is 11.0. The Kier molecular flexibility index (Phi) is 3.88. The van der Waals surface area contributed by atoms with Crippen LogP contribution >= 0.6 is 0 Å². The zero-order valence-electron chi connectivity index (χ0n) is 12.2. The molecule has 6 nitrogen and oxygen atoms in total. The lowest BCUT2D eigenvalue weighted by atomic mass is 10.3. The molecule has 2 amide bonds. The standard InChI is InChI=1S/C15H13F2N5O/c1-9-4-5-22-8-11(20-14(22)19-9)7-18-15(23)21-13-3-2-10(16)6-12(13)17/h2-6,8H,7H2,1H3,(H2,18,21,23).